The van der Waals surface area contributed by atoms with Gasteiger partial charge in [-0.15, -0.1) is 0 Å². The minimum atomic E-state index is -0.246. The molecule has 1 unspecified atom stereocenters. The number of para-hydroxylation sites is 2. The quantitative estimate of drug-likeness (QED) is 0.480. The number of ketones is 1. The number of rotatable bonds is 2. The van der Waals surface area contributed by atoms with Gasteiger partial charge in [0.05, 0.1) is 22.1 Å². The van der Waals surface area contributed by atoms with Gasteiger partial charge in [-0.2, -0.15) is 0 Å². The third kappa shape index (κ3) is 2.59. The van der Waals surface area contributed by atoms with Gasteiger partial charge in [-0.05, 0) is 37.6 Å². The first kappa shape index (κ1) is 20.6. The van der Waals surface area contributed by atoms with Crippen LogP contribution in [-0.4, -0.2) is 31.2 Å². The Bertz CT molecular complexity index is 1240. The summed E-state index contributed by atoms with van der Waals surface area (Å²) in [6, 6.07) is 16.5. The molecule has 3 aliphatic rings. The maximum absolute atomic E-state index is 13.2. The van der Waals surface area contributed by atoms with Gasteiger partial charge in [0.2, 0.25) is 11.9 Å². The van der Waals surface area contributed by atoms with Crippen molar-refractivity contribution in [3.8, 4) is 5.75 Å². The van der Waals surface area contributed by atoms with Crippen LogP contribution in [0.2, 0.25) is 0 Å². The Morgan fingerprint density at radius 2 is 1.62 bits per heavy atom. The van der Waals surface area contributed by atoms with Gasteiger partial charge in [0.25, 0.3) is 5.75 Å². The Kier molecular flexibility index (Phi) is 4.26. The van der Waals surface area contributed by atoms with Crippen LogP contribution in [0.5, 0.6) is 5.75 Å². The minimum absolute atomic E-state index is 0.0865. The number of anilines is 1. The minimum Gasteiger partial charge on any atom is -0.568 e. The van der Waals surface area contributed by atoms with Crippen molar-refractivity contribution in [2.75, 3.05) is 19.1 Å². The molecule has 4 heteroatoms. The fourth-order valence-corrected chi connectivity index (χ4v) is 5.60. The molecule has 2 aromatic rings. The zero-order chi connectivity index (χ0) is 23.0. The fraction of sp³-hybridized carbons (Fsp3) is 0.321. The summed E-state index contributed by atoms with van der Waals surface area (Å²) in [5, 5.41) is 10.9. The second-order valence-electron chi connectivity index (χ2n) is 10.1. The van der Waals surface area contributed by atoms with Crippen LogP contribution in [0, 0.1) is 0 Å². The van der Waals surface area contributed by atoms with Crippen LogP contribution in [0.3, 0.4) is 0 Å². The van der Waals surface area contributed by atoms with Crippen molar-refractivity contribution in [2.24, 2.45) is 0 Å². The maximum Gasteiger partial charge on any atom is 0.259 e. The highest BCUT2D eigenvalue weighted by Crippen LogP contribution is 2.52. The lowest BCUT2D eigenvalue weighted by Crippen LogP contribution is -2.34. The van der Waals surface area contributed by atoms with E-state index in [1.165, 1.54) is 11.1 Å². The van der Waals surface area contributed by atoms with E-state index >= 15 is 0 Å². The number of Topliss-reactive ketones (excluding diaryl/α,β-unsaturated/α-hetero) is 1. The lowest BCUT2D eigenvalue weighted by atomic mass is 9.77. The number of aliphatic hydroxyl groups is 1. The topological polar surface area (TPSA) is 43.2 Å². The molecule has 5 rings (SSSR count). The first-order valence-corrected chi connectivity index (χ1v) is 11.1. The summed E-state index contributed by atoms with van der Waals surface area (Å²) in [6.45, 7) is 8.65. The number of carbonyl (C=O) groups excluding carboxylic acids is 1. The number of aliphatic hydroxyl groups excluding tert-OH is 1. The van der Waals surface area contributed by atoms with E-state index in [0.717, 1.165) is 17.1 Å². The van der Waals surface area contributed by atoms with Crippen LogP contribution in [0.4, 0.5) is 5.69 Å². The molecule has 32 heavy (non-hydrogen) atoms. The lowest BCUT2D eigenvalue weighted by Gasteiger charge is -2.30. The Labute approximate surface area is 189 Å². The molecule has 0 amide bonds. The first-order valence-electron chi connectivity index (χ1n) is 11.1. The van der Waals surface area contributed by atoms with Gasteiger partial charge in [-0.1, -0.05) is 44.2 Å². The van der Waals surface area contributed by atoms with Gasteiger partial charge in [0, 0.05) is 36.0 Å². The summed E-state index contributed by atoms with van der Waals surface area (Å²) in [4.78, 5) is 15.3. The van der Waals surface area contributed by atoms with Crippen molar-refractivity contribution >= 4 is 11.5 Å². The monoisotopic (exact) mass is 428 g/mol. The highest BCUT2D eigenvalue weighted by molar-refractivity contribution is 6.21. The standard InChI is InChI=1S/C28H29NO3/c1-27(2)19-11-7-9-13-21(19)29(5)23(27)15-17-25(30)18(26(17)31)16-24-28(3,4)20-12-8-10-14-22(20)32(24)6/h7-16,24H,1-6H3/p+1/b23-15-. The number of hydrogen-bond acceptors (Lipinski definition) is 3. The Morgan fingerprint density at radius 1 is 1.00 bits per heavy atom. The number of likely N-dealkylation sites (N-methyl/N-ethyl adjacent to an activating group) is 1. The SMILES string of the molecule is CN1/C(=C\C2=C(O)C(=C/C3[O+](C)c4ccccc4C3(C)C)/C2=O)C(C)(C)c2ccccc21. The number of benzene rings is 2. The van der Waals surface area contributed by atoms with Gasteiger partial charge < -0.3 is 14.4 Å². The molecule has 0 bridgehead atoms. The van der Waals surface area contributed by atoms with E-state index in [1.807, 2.05) is 50.6 Å². The van der Waals surface area contributed by atoms with Gasteiger partial charge in [0.1, 0.15) is 5.76 Å². The van der Waals surface area contributed by atoms with Crippen LogP contribution in [0.1, 0.15) is 38.8 Å². The van der Waals surface area contributed by atoms with Crippen LogP contribution < -0.4 is 4.90 Å². The predicted molar refractivity (Wildman–Crippen MR) is 128 cm³/mol. The van der Waals surface area contributed by atoms with Crippen molar-refractivity contribution in [3.63, 3.8) is 0 Å². The molecule has 164 valence electrons. The summed E-state index contributed by atoms with van der Waals surface area (Å²) >= 11 is 0. The predicted octanol–water partition coefficient (Wildman–Crippen LogP) is 5.87. The molecule has 0 radical (unpaired) electrons. The summed E-state index contributed by atoms with van der Waals surface area (Å²) in [5.74, 6) is 1.07. The van der Waals surface area contributed by atoms with Crippen molar-refractivity contribution < 1.29 is 14.3 Å². The van der Waals surface area contributed by atoms with E-state index in [-0.39, 0.29) is 28.5 Å². The third-order valence-electron chi connectivity index (χ3n) is 7.56. The number of allylic oxidation sites excluding steroid dienone is 4. The van der Waals surface area contributed by atoms with Crippen molar-refractivity contribution in [3.05, 3.63) is 94.4 Å². The molecule has 1 N–H and O–H groups in total. The average molecular weight is 429 g/mol. The molecule has 0 saturated carbocycles. The average Bonchev–Trinajstić information content (AvgIpc) is 3.09. The summed E-state index contributed by atoms with van der Waals surface area (Å²) < 4.78 is 3.15. The zero-order valence-electron chi connectivity index (χ0n) is 19.6. The third-order valence-corrected chi connectivity index (χ3v) is 7.56. The van der Waals surface area contributed by atoms with E-state index < -0.39 is 0 Å². The van der Waals surface area contributed by atoms with Gasteiger partial charge in [-0.25, -0.2) is 0 Å². The smallest absolute Gasteiger partial charge is 0.259 e. The molecular formula is C28H30NO3+. The van der Waals surface area contributed by atoms with Crippen LogP contribution in [0.15, 0.2) is 83.3 Å². The molecule has 0 aromatic heterocycles. The molecule has 4 nitrogen and oxygen atoms in total. The van der Waals surface area contributed by atoms with E-state index in [1.54, 1.807) is 0 Å². The Morgan fingerprint density at radius 3 is 2.25 bits per heavy atom. The molecule has 1 aliphatic carbocycles. The molecular weight excluding hydrogens is 398 g/mol. The van der Waals surface area contributed by atoms with Gasteiger partial charge >= 0.3 is 0 Å². The van der Waals surface area contributed by atoms with Gasteiger partial charge in [0.15, 0.2) is 7.11 Å². The lowest BCUT2D eigenvalue weighted by molar-refractivity contribution is -0.113. The van der Waals surface area contributed by atoms with E-state index in [0.29, 0.717) is 11.1 Å². The number of fused-ring (bicyclic) bond motifs is 2. The summed E-state index contributed by atoms with van der Waals surface area (Å²) in [6.07, 6.45) is 3.67. The van der Waals surface area contributed by atoms with E-state index in [2.05, 4.69) is 61.2 Å². The highest BCUT2D eigenvalue weighted by atomic mass is 16.7. The Balaban J connectivity index is 1.52. The normalized spacial score (nSPS) is 25.4. The van der Waals surface area contributed by atoms with Crippen molar-refractivity contribution in [1.29, 1.82) is 0 Å². The fourth-order valence-electron chi connectivity index (χ4n) is 5.60. The number of hydrogen-bond donors (Lipinski definition) is 1. The van der Waals surface area contributed by atoms with Gasteiger partial charge in [-0.3, -0.25) is 4.79 Å². The summed E-state index contributed by atoms with van der Waals surface area (Å²) in [7, 11) is 3.98. The molecule has 0 spiro atoms. The first-order chi connectivity index (χ1) is 15.1. The van der Waals surface area contributed by atoms with E-state index in [9.17, 15) is 9.90 Å². The number of nitrogens with zero attached hydrogens (tertiary/aromatic N) is 1. The highest BCUT2D eigenvalue weighted by Gasteiger charge is 2.50. The maximum atomic E-state index is 13.2. The molecule has 2 aromatic carbocycles. The summed E-state index contributed by atoms with van der Waals surface area (Å²) in [5.41, 5.74) is 4.93. The second-order valence-corrected chi connectivity index (χ2v) is 10.1. The second kappa shape index (κ2) is 6.61. The van der Waals surface area contributed by atoms with E-state index in [4.69, 9.17) is 0 Å². The van der Waals surface area contributed by atoms with Crippen LogP contribution >= 0.6 is 0 Å². The van der Waals surface area contributed by atoms with Crippen molar-refractivity contribution in [1.82, 2.24) is 0 Å². The molecule has 0 fully saturated rings. The van der Waals surface area contributed by atoms with Crippen molar-refractivity contribution in [2.45, 2.75) is 44.6 Å². The van der Waals surface area contributed by atoms with Crippen LogP contribution in [0.25, 0.3) is 0 Å². The molecule has 2 heterocycles. The number of carbonyl (C=O) groups is 1. The molecule has 1 atom stereocenters. The molecule has 2 aliphatic heterocycles. The van der Waals surface area contributed by atoms with Crippen LogP contribution in [-0.2, 0) is 20.0 Å². The molecule has 0 saturated heterocycles. The largest absolute Gasteiger partial charge is 0.568 e. The zero-order valence-corrected chi connectivity index (χ0v) is 19.6. The Hall–Kier alpha value is -3.27.